The Morgan fingerprint density at radius 1 is 0.960 bits per heavy atom. The average Bonchev–Trinajstić information content (AvgIpc) is 2.67. The number of aromatic nitrogens is 2. The van der Waals surface area contributed by atoms with Crippen LogP contribution >= 0.6 is 0 Å². The molecule has 0 saturated carbocycles. The van der Waals surface area contributed by atoms with Crippen molar-refractivity contribution in [3.05, 3.63) is 77.7 Å². The summed E-state index contributed by atoms with van der Waals surface area (Å²) in [5.41, 5.74) is 8.50. The van der Waals surface area contributed by atoms with Crippen LogP contribution < -0.4 is 16.2 Å². The fraction of sp³-hybridized carbons (Fsp3) is 0.0556. The Labute approximate surface area is 143 Å². The normalized spacial score (nSPS) is 12.4. The van der Waals surface area contributed by atoms with Crippen molar-refractivity contribution in [2.75, 3.05) is 10.7 Å². The summed E-state index contributed by atoms with van der Waals surface area (Å²) in [6.45, 7) is 0.636. The topological polar surface area (TPSA) is 74.2 Å². The Bertz CT molecular complexity index is 909. The second kappa shape index (κ2) is 6.56. The van der Waals surface area contributed by atoms with Crippen LogP contribution in [0.3, 0.4) is 0 Å². The van der Waals surface area contributed by atoms with Gasteiger partial charge in [0.05, 0.1) is 6.20 Å². The molecule has 25 heavy (non-hydrogen) atoms. The second-order valence-corrected chi connectivity index (χ2v) is 5.48. The molecule has 2 heterocycles. The van der Waals surface area contributed by atoms with Gasteiger partial charge in [0.25, 0.3) is 0 Å². The number of hydrogen-bond donors (Lipinski definition) is 3. The zero-order valence-electron chi connectivity index (χ0n) is 13.2. The molecule has 4 rings (SSSR count). The second-order valence-electron chi connectivity index (χ2n) is 5.48. The molecule has 0 aliphatic carbocycles. The Hall–Kier alpha value is -3.48. The maximum atomic E-state index is 13.0. The van der Waals surface area contributed by atoms with E-state index in [9.17, 15) is 4.39 Å². The van der Waals surface area contributed by atoms with Crippen LogP contribution in [-0.4, -0.2) is 15.8 Å². The summed E-state index contributed by atoms with van der Waals surface area (Å²) in [6, 6.07) is 16.1. The fourth-order valence-electron chi connectivity index (χ4n) is 2.42. The van der Waals surface area contributed by atoms with Gasteiger partial charge in [-0.3, -0.25) is 10.9 Å². The lowest BCUT2D eigenvalue weighted by atomic mass is 10.2. The Morgan fingerprint density at radius 3 is 2.56 bits per heavy atom. The van der Waals surface area contributed by atoms with E-state index in [2.05, 4.69) is 31.1 Å². The van der Waals surface area contributed by atoms with Crippen molar-refractivity contribution in [2.24, 2.45) is 4.99 Å². The molecule has 0 saturated heterocycles. The fourth-order valence-corrected chi connectivity index (χ4v) is 2.42. The molecule has 3 N–H and O–H groups in total. The summed E-state index contributed by atoms with van der Waals surface area (Å²) in [5.74, 6) is 1.39. The van der Waals surface area contributed by atoms with Crippen molar-refractivity contribution >= 4 is 23.3 Å². The molecule has 124 valence electrons. The van der Waals surface area contributed by atoms with Gasteiger partial charge in [-0.15, -0.1) is 0 Å². The molecule has 7 heteroatoms. The van der Waals surface area contributed by atoms with Gasteiger partial charge < -0.3 is 5.32 Å². The molecule has 3 aromatic rings. The van der Waals surface area contributed by atoms with Crippen molar-refractivity contribution in [3.8, 4) is 0 Å². The predicted molar refractivity (Wildman–Crippen MR) is 95.2 cm³/mol. The third-order valence-corrected chi connectivity index (χ3v) is 3.71. The first-order valence-electron chi connectivity index (χ1n) is 7.79. The van der Waals surface area contributed by atoms with E-state index in [-0.39, 0.29) is 5.82 Å². The first-order chi connectivity index (χ1) is 12.3. The standard InChI is InChI=1S/C18H15FN6/c19-14-8-6-13(7-9-14)16-22-15-11-21-18(23-17(15)25-24-16)20-10-12-4-2-1-3-5-12/h1-9,11H,10H2,(H,22,24)(H2,20,21,23,25). The summed E-state index contributed by atoms with van der Waals surface area (Å²) in [7, 11) is 0. The van der Waals surface area contributed by atoms with Crippen LogP contribution in [0.1, 0.15) is 11.1 Å². The molecule has 0 fully saturated rings. The van der Waals surface area contributed by atoms with Gasteiger partial charge in [0.2, 0.25) is 5.95 Å². The molecule has 0 atom stereocenters. The lowest BCUT2D eigenvalue weighted by Crippen LogP contribution is -2.33. The van der Waals surface area contributed by atoms with Crippen molar-refractivity contribution in [1.82, 2.24) is 15.4 Å². The van der Waals surface area contributed by atoms with Crippen LogP contribution in [0.5, 0.6) is 0 Å². The zero-order valence-corrected chi connectivity index (χ0v) is 13.2. The van der Waals surface area contributed by atoms with Gasteiger partial charge in [0.15, 0.2) is 11.7 Å². The highest BCUT2D eigenvalue weighted by Gasteiger charge is 2.15. The van der Waals surface area contributed by atoms with Crippen LogP contribution in [0.15, 0.2) is 65.8 Å². The maximum absolute atomic E-state index is 13.0. The largest absolute Gasteiger partial charge is 0.350 e. The molecule has 0 unspecified atom stereocenters. The summed E-state index contributed by atoms with van der Waals surface area (Å²) in [5, 5.41) is 3.18. The lowest BCUT2D eigenvalue weighted by molar-refractivity contribution is 0.627. The SMILES string of the molecule is Fc1ccc(C2=Nc3cnc(NCc4ccccc4)nc3NN2)cc1. The minimum Gasteiger partial charge on any atom is -0.350 e. The van der Waals surface area contributed by atoms with E-state index in [0.717, 1.165) is 11.1 Å². The predicted octanol–water partition coefficient (Wildman–Crippen LogP) is 3.24. The van der Waals surface area contributed by atoms with Crippen LogP contribution in [0, 0.1) is 5.82 Å². The Balaban J connectivity index is 1.51. The van der Waals surface area contributed by atoms with E-state index in [0.29, 0.717) is 29.8 Å². The third kappa shape index (κ3) is 3.40. The minimum atomic E-state index is -0.286. The number of nitrogens with one attached hydrogen (secondary N) is 3. The molecule has 0 radical (unpaired) electrons. The van der Waals surface area contributed by atoms with Gasteiger partial charge in [-0.2, -0.15) is 4.98 Å². The summed E-state index contributed by atoms with van der Waals surface area (Å²) < 4.78 is 13.0. The first kappa shape index (κ1) is 15.1. The molecule has 1 aliphatic heterocycles. The number of nitrogens with zero attached hydrogens (tertiary/aromatic N) is 3. The molecular weight excluding hydrogens is 319 g/mol. The first-order valence-corrected chi connectivity index (χ1v) is 7.79. The molecule has 2 aromatic carbocycles. The van der Waals surface area contributed by atoms with Crippen LogP contribution in [0.2, 0.25) is 0 Å². The van der Waals surface area contributed by atoms with Gasteiger partial charge in [-0.1, -0.05) is 30.3 Å². The van der Waals surface area contributed by atoms with Gasteiger partial charge in [0, 0.05) is 12.1 Å². The number of hydrazine groups is 1. The van der Waals surface area contributed by atoms with Crippen LogP contribution in [0.25, 0.3) is 0 Å². The molecule has 0 bridgehead atoms. The van der Waals surface area contributed by atoms with Crippen molar-refractivity contribution in [3.63, 3.8) is 0 Å². The van der Waals surface area contributed by atoms with Gasteiger partial charge in [-0.25, -0.2) is 14.4 Å². The highest BCUT2D eigenvalue weighted by molar-refractivity contribution is 6.03. The van der Waals surface area contributed by atoms with Crippen molar-refractivity contribution in [2.45, 2.75) is 6.54 Å². The highest BCUT2D eigenvalue weighted by atomic mass is 19.1. The van der Waals surface area contributed by atoms with Crippen molar-refractivity contribution in [1.29, 1.82) is 0 Å². The molecule has 0 spiro atoms. The van der Waals surface area contributed by atoms with E-state index in [1.54, 1.807) is 18.3 Å². The average molecular weight is 334 g/mol. The van der Waals surface area contributed by atoms with E-state index in [1.807, 2.05) is 30.3 Å². The number of halogens is 1. The van der Waals surface area contributed by atoms with Gasteiger partial charge in [-0.05, 0) is 29.8 Å². The minimum absolute atomic E-state index is 0.286. The molecule has 1 aromatic heterocycles. The van der Waals surface area contributed by atoms with Gasteiger partial charge >= 0.3 is 0 Å². The number of fused-ring (bicyclic) bond motifs is 1. The molecule has 6 nitrogen and oxygen atoms in total. The zero-order chi connectivity index (χ0) is 17.1. The number of benzene rings is 2. The number of rotatable bonds is 4. The molecule has 1 aliphatic rings. The van der Waals surface area contributed by atoms with Crippen LogP contribution in [-0.2, 0) is 6.54 Å². The monoisotopic (exact) mass is 334 g/mol. The van der Waals surface area contributed by atoms with Gasteiger partial charge in [0.1, 0.15) is 11.5 Å². The number of amidine groups is 1. The smallest absolute Gasteiger partial charge is 0.225 e. The lowest BCUT2D eigenvalue weighted by Gasteiger charge is -2.19. The summed E-state index contributed by atoms with van der Waals surface area (Å²) in [6.07, 6.45) is 1.65. The quantitative estimate of drug-likeness (QED) is 0.683. The van der Waals surface area contributed by atoms with E-state index in [1.165, 1.54) is 12.1 Å². The number of aliphatic imine (C=N–C) groups is 1. The summed E-state index contributed by atoms with van der Waals surface area (Å²) in [4.78, 5) is 13.2. The third-order valence-electron chi connectivity index (χ3n) is 3.71. The number of hydrogen-bond acceptors (Lipinski definition) is 6. The molecular formula is C18H15FN6. The highest BCUT2D eigenvalue weighted by Crippen LogP contribution is 2.26. The number of anilines is 2. The van der Waals surface area contributed by atoms with E-state index in [4.69, 9.17) is 0 Å². The Morgan fingerprint density at radius 2 is 1.76 bits per heavy atom. The van der Waals surface area contributed by atoms with Crippen molar-refractivity contribution < 1.29 is 4.39 Å². The molecule has 0 amide bonds. The van der Waals surface area contributed by atoms with Crippen LogP contribution in [0.4, 0.5) is 21.8 Å². The maximum Gasteiger partial charge on any atom is 0.225 e. The Kier molecular flexibility index (Phi) is 3.96. The van der Waals surface area contributed by atoms with E-state index >= 15 is 0 Å². The summed E-state index contributed by atoms with van der Waals surface area (Å²) >= 11 is 0. The van der Waals surface area contributed by atoms with E-state index < -0.39 is 0 Å².